The molecule has 0 N–H and O–H groups in total. The van der Waals surface area contributed by atoms with E-state index in [4.69, 9.17) is 26.2 Å². The molecular weight excluding hydrogens is 146 g/mol. The summed E-state index contributed by atoms with van der Waals surface area (Å²) < 4.78 is 0. The van der Waals surface area contributed by atoms with Crippen LogP contribution < -0.4 is 10.9 Å². The Morgan fingerprint density at radius 3 is 1.50 bits per heavy atom. The van der Waals surface area contributed by atoms with E-state index in [1.807, 2.05) is 12.1 Å². The van der Waals surface area contributed by atoms with E-state index >= 15 is 0 Å². The van der Waals surface area contributed by atoms with Gasteiger partial charge in [-0.1, -0.05) is 12.1 Å². The van der Waals surface area contributed by atoms with E-state index in [0.29, 0.717) is 10.9 Å². The van der Waals surface area contributed by atoms with Crippen molar-refractivity contribution in [1.29, 1.82) is 10.5 Å². The number of nitriles is 2. The smallest absolute Gasteiger partial charge is 0.113 e. The molecule has 0 saturated heterocycles. The number of hydrogen-bond donors (Lipinski definition) is 0. The molecule has 1 aromatic rings. The summed E-state index contributed by atoms with van der Waals surface area (Å²) in [6, 6.07) is 6.51. The fourth-order valence-electron chi connectivity index (χ4n) is 0.818. The molecule has 0 aliphatic rings. The molecule has 0 fully saturated rings. The quantitative estimate of drug-likeness (QED) is 0.443. The van der Waals surface area contributed by atoms with Crippen LogP contribution in [0, 0.1) is 22.7 Å². The summed E-state index contributed by atoms with van der Waals surface area (Å²) in [6.07, 6.45) is 0. The first-order valence-corrected chi connectivity index (χ1v) is 3.18. The second kappa shape index (κ2) is 3.15. The second-order valence-electron chi connectivity index (χ2n) is 2.25. The third kappa shape index (κ3) is 1.33. The minimum absolute atomic E-state index is 0.254. The van der Waals surface area contributed by atoms with Crippen LogP contribution in [0.25, 0.3) is 0 Å². The van der Waals surface area contributed by atoms with Crippen molar-refractivity contribution in [2.24, 2.45) is 0 Å². The van der Waals surface area contributed by atoms with Gasteiger partial charge in [0.15, 0.2) is 0 Å². The van der Waals surface area contributed by atoms with Crippen molar-refractivity contribution in [3.63, 3.8) is 0 Å². The van der Waals surface area contributed by atoms with E-state index in [1.165, 1.54) is 12.1 Å². The van der Waals surface area contributed by atoms with Gasteiger partial charge in [-0.3, -0.25) is 0 Å². The van der Waals surface area contributed by atoms with E-state index in [-0.39, 0.29) is 11.1 Å². The Morgan fingerprint density at radius 2 is 1.25 bits per heavy atom. The SMILES string of the molecule is [B]c1cc(C#N)c(C#N)cc1[B]. The zero-order valence-corrected chi connectivity index (χ0v) is 6.20. The molecule has 0 spiro atoms. The molecule has 0 aliphatic heterocycles. The summed E-state index contributed by atoms with van der Waals surface area (Å²) >= 11 is 0. The number of benzene rings is 1. The molecule has 4 heteroatoms. The van der Waals surface area contributed by atoms with E-state index in [2.05, 4.69) is 0 Å². The Morgan fingerprint density at radius 1 is 0.917 bits per heavy atom. The van der Waals surface area contributed by atoms with E-state index in [9.17, 15) is 0 Å². The van der Waals surface area contributed by atoms with E-state index in [1.54, 1.807) is 0 Å². The standard InChI is InChI=1S/C8H2B2N2/c9-7-1-5(3-11)6(4-12)2-8(7)10/h1-2H. The van der Waals surface area contributed by atoms with Gasteiger partial charge in [0, 0.05) is 0 Å². The lowest BCUT2D eigenvalue weighted by molar-refractivity contribution is 1.44. The normalized spacial score (nSPS) is 8.50. The first kappa shape index (κ1) is 8.43. The zero-order valence-electron chi connectivity index (χ0n) is 6.20. The summed E-state index contributed by atoms with van der Waals surface area (Å²) in [5, 5.41) is 17.1. The fourth-order valence-corrected chi connectivity index (χ4v) is 0.818. The highest BCUT2D eigenvalue weighted by atomic mass is 14.3. The summed E-state index contributed by atoms with van der Waals surface area (Å²) in [4.78, 5) is 0. The molecule has 0 bridgehead atoms. The molecule has 0 aromatic heterocycles. The highest BCUT2D eigenvalue weighted by Crippen LogP contribution is 2.01. The van der Waals surface area contributed by atoms with E-state index in [0.717, 1.165) is 0 Å². The van der Waals surface area contributed by atoms with Gasteiger partial charge in [0.05, 0.1) is 11.1 Å². The second-order valence-corrected chi connectivity index (χ2v) is 2.25. The number of nitrogens with zero attached hydrogens (tertiary/aromatic N) is 2. The van der Waals surface area contributed by atoms with Gasteiger partial charge in [-0.05, 0) is 0 Å². The minimum atomic E-state index is 0.254. The molecule has 0 aliphatic carbocycles. The average Bonchev–Trinajstić information content (AvgIpc) is 2.09. The summed E-state index contributed by atoms with van der Waals surface area (Å²) in [5.41, 5.74) is 1.16. The highest BCUT2D eigenvalue weighted by molar-refractivity contribution is 6.48. The molecular formula is C8H2B2N2. The molecule has 12 heavy (non-hydrogen) atoms. The van der Waals surface area contributed by atoms with Crippen molar-refractivity contribution in [2.45, 2.75) is 0 Å². The van der Waals surface area contributed by atoms with Crippen LogP contribution in [0.3, 0.4) is 0 Å². The molecule has 1 aromatic carbocycles. The van der Waals surface area contributed by atoms with Crippen LogP contribution in [0.5, 0.6) is 0 Å². The summed E-state index contributed by atoms with van der Waals surface area (Å²) in [5.74, 6) is 0. The van der Waals surface area contributed by atoms with Crippen molar-refractivity contribution in [2.75, 3.05) is 0 Å². The van der Waals surface area contributed by atoms with Gasteiger partial charge < -0.3 is 0 Å². The predicted octanol–water partition coefficient (Wildman–Crippen LogP) is -0.982. The van der Waals surface area contributed by atoms with Crippen molar-refractivity contribution in [3.05, 3.63) is 23.3 Å². The van der Waals surface area contributed by atoms with Gasteiger partial charge in [-0.25, -0.2) is 0 Å². The molecule has 0 saturated carbocycles. The largest absolute Gasteiger partial charge is 0.192 e. The lowest BCUT2D eigenvalue weighted by Crippen LogP contribution is -2.26. The number of rotatable bonds is 0. The maximum atomic E-state index is 8.57. The lowest BCUT2D eigenvalue weighted by Gasteiger charge is -2.01. The van der Waals surface area contributed by atoms with Crippen molar-refractivity contribution < 1.29 is 0 Å². The van der Waals surface area contributed by atoms with Crippen LogP contribution in [-0.2, 0) is 0 Å². The van der Waals surface area contributed by atoms with Gasteiger partial charge >= 0.3 is 0 Å². The van der Waals surface area contributed by atoms with Gasteiger partial charge in [-0.15, -0.1) is 10.9 Å². The topological polar surface area (TPSA) is 47.6 Å². The Balaban J connectivity index is 3.44. The molecule has 0 amide bonds. The predicted molar refractivity (Wildman–Crippen MR) is 46.6 cm³/mol. The van der Waals surface area contributed by atoms with Crippen molar-refractivity contribution in [3.8, 4) is 12.1 Å². The maximum absolute atomic E-state index is 8.57. The minimum Gasteiger partial charge on any atom is -0.192 e. The fraction of sp³-hybridized carbons (Fsp3) is 0. The maximum Gasteiger partial charge on any atom is 0.113 e. The van der Waals surface area contributed by atoms with Gasteiger partial charge in [-0.2, -0.15) is 10.5 Å². The van der Waals surface area contributed by atoms with Crippen LogP contribution in [0.4, 0.5) is 0 Å². The Labute approximate surface area is 73.3 Å². The Kier molecular flexibility index (Phi) is 2.21. The zero-order chi connectivity index (χ0) is 9.14. The Hall–Kier alpha value is -1.67. The van der Waals surface area contributed by atoms with Crippen LogP contribution >= 0.6 is 0 Å². The monoisotopic (exact) mass is 148 g/mol. The third-order valence-corrected chi connectivity index (χ3v) is 1.46. The van der Waals surface area contributed by atoms with Gasteiger partial charge in [0.2, 0.25) is 0 Å². The average molecular weight is 148 g/mol. The molecule has 0 atom stereocenters. The molecule has 0 unspecified atom stereocenters. The summed E-state index contributed by atoms with van der Waals surface area (Å²) in [7, 11) is 10.9. The molecule has 2 nitrogen and oxygen atoms in total. The Bertz CT molecular complexity index is 360. The van der Waals surface area contributed by atoms with Crippen LogP contribution in [0.1, 0.15) is 11.1 Å². The highest BCUT2D eigenvalue weighted by Gasteiger charge is 2.02. The molecule has 1 rings (SSSR count). The molecule has 50 valence electrons. The third-order valence-electron chi connectivity index (χ3n) is 1.46. The van der Waals surface area contributed by atoms with Crippen molar-refractivity contribution >= 4 is 26.6 Å². The van der Waals surface area contributed by atoms with Gasteiger partial charge in [0.1, 0.15) is 27.8 Å². The van der Waals surface area contributed by atoms with Crippen LogP contribution in [0.15, 0.2) is 12.1 Å². The summed E-state index contributed by atoms with van der Waals surface area (Å²) in [6.45, 7) is 0. The van der Waals surface area contributed by atoms with Crippen LogP contribution in [0.2, 0.25) is 0 Å². The van der Waals surface area contributed by atoms with Crippen molar-refractivity contribution in [1.82, 2.24) is 0 Å². The van der Waals surface area contributed by atoms with E-state index < -0.39 is 0 Å². The first-order chi connectivity index (χ1) is 5.69. The first-order valence-electron chi connectivity index (χ1n) is 3.18. The van der Waals surface area contributed by atoms with Gasteiger partial charge in [0.25, 0.3) is 0 Å². The number of hydrogen-bond acceptors (Lipinski definition) is 2. The lowest BCUT2D eigenvalue weighted by atomic mass is 9.78. The molecule has 4 radical (unpaired) electrons. The van der Waals surface area contributed by atoms with Crippen LogP contribution in [-0.4, -0.2) is 15.7 Å². The molecule has 0 heterocycles.